The standard InChI is InChI=1S/C12H13BrN2S/c1-15-9-4-2-8(3-5-9)12(14)10-6-7-11(13)16-10/h2-7,12,15H,14H2,1H3. The molecule has 2 nitrogen and oxygen atoms in total. The van der Waals surface area contributed by atoms with Gasteiger partial charge in [-0.05, 0) is 45.8 Å². The smallest absolute Gasteiger partial charge is 0.0702 e. The molecule has 1 aromatic carbocycles. The molecule has 2 rings (SSSR count). The first-order valence-corrected chi connectivity index (χ1v) is 6.60. The summed E-state index contributed by atoms with van der Waals surface area (Å²) < 4.78 is 1.12. The molecule has 1 atom stereocenters. The molecule has 16 heavy (non-hydrogen) atoms. The van der Waals surface area contributed by atoms with Crippen LogP contribution in [-0.4, -0.2) is 7.05 Å². The van der Waals surface area contributed by atoms with Crippen molar-refractivity contribution in [3.8, 4) is 0 Å². The molecule has 3 N–H and O–H groups in total. The summed E-state index contributed by atoms with van der Waals surface area (Å²) in [5.74, 6) is 0. The van der Waals surface area contributed by atoms with Gasteiger partial charge in [-0.15, -0.1) is 11.3 Å². The van der Waals surface area contributed by atoms with Gasteiger partial charge in [0.05, 0.1) is 9.83 Å². The summed E-state index contributed by atoms with van der Waals surface area (Å²) in [4.78, 5) is 1.17. The van der Waals surface area contributed by atoms with Crippen LogP contribution in [-0.2, 0) is 0 Å². The van der Waals surface area contributed by atoms with Gasteiger partial charge in [-0.2, -0.15) is 0 Å². The van der Waals surface area contributed by atoms with E-state index in [1.807, 2.05) is 25.2 Å². The fourth-order valence-electron chi connectivity index (χ4n) is 1.52. The highest BCUT2D eigenvalue weighted by Gasteiger charge is 2.10. The maximum Gasteiger partial charge on any atom is 0.0702 e. The van der Waals surface area contributed by atoms with E-state index in [0.29, 0.717) is 0 Å². The van der Waals surface area contributed by atoms with Gasteiger partial charge in [-0.25, -0.2) is 0 Å². The van der Waals surface area contributed by atoms with Gasteiger partial charge in [0.1, 0.15) is 0 Å². The summed E-state index contributed by atoms with van der Waals surface area (Å²) in [5.41, 5.74) is 8.42. The van der Waals surface area contributed by atoms with Crippen LogP contribution in [0.2, 0.25) is 0 Å². The first-order chi connectivity index (χ1) is 7.70. The van der Waals surface area contributed by atoms with Crippen molar-refractivity contribution < 1.29 is 0 Å². The fourth-order valence-corrected chi connectivity index (χ4v) is 2.97. The summed E-state index contributed by atoms with van der Waals surface area (Å²) in [6, 6.07) is 12.2. The Balaban J connectivity index is 2.23. The van der Waals surface area contributed by atoms with Crippen LogP contribution in [0.1, 0.15) is 16.5 Å². The Hall–Kier alpha value is -0.840. The zero-order valence-corrected chi connectivity index (χ0v) is 11.3. The van der Waals surface area contributed by atoms with Crippen molar-refractivity contribution in [2.24, 2.45) is 5.73 Å². The minimum absolute atomic E-state index is 0.0396. The van der Waals surface area contributed by atoms with E-state index in [0.717, 1.165) is 15.0 Å². The van der Waals surface area contributed by atoms with Crippen molar-refractivity contribution in [3.63, 3.8) is 0 Å². The first-order valence-electron chi connectivity index (χ1n) is 4.99. The monoisotopic (exact) mass is 296 g/mol. The molecular weight excluding hydrogens is 284 g/mol. The van der Waals surface area contributed by atoms with Gasteiger partial charge in [0.25, 0.3) is 0 Å². The second-order valence-corrected chi connectivity index (χ2v) is 5.99. The molecule has 0 fully saturated rings. The quantitative estimate of drug-likeness (QED) is 0.908. The highest BCUT2D eigenvalue weighted by Crippen LogP contribution is 2.30. The normalized spacial score (nSPS) is 12.4. The van der Waals surface area contributed by atoms with Gasteiger partial charge < -0.3 is 11.1 Å². The second kappa shape index (κ2) is 4.99. The first kappa shape index (κ1) is 11.6. The lowest BCUT2D eigenvalue weighted by molar-refractivity contribution is 0.894. The van der Waals surface area contributed by atoms with E-state index in [4.69, 9.17) is 5.73 Å². The Labute approximate surface area is 108 Å². The number of benzene rings is 1. The molecule has 1 unspecified atom stereocenters. The molecule has 2 aromatic rings. The molecule has 0 saturated heterocycles. The largest absolute Gasteiger partial charge is 0.388 e. The molecule has 0 aliphatic carbocycles. The van der Waals surface area contributed by atoms with E-state index in [9.17, 15) is 0 Å². The minimum atomic E-state index is -0.0396. The molecule has 0 saturated carbocycles. The molecule has 0 aliphatic heterocycles. The average Bonchev–Trinajstić information content (AvgIpc) is 2.75. The van der Waals surface area contributed by atoms with Crippen molar-refractivity contribution >= 4 is 33.0 Å². The summed E-state index contributed by atoms with van der Waals surface area (Å²) in [5, 5.41) is 3.09. The third kappa shape index (κ3) is 2.45. The van der Waals surface area contributed by atoms with Crippen LogP contribution in [0.5, 0.6) is 0 Å². The van der Waals surface area contributed by atoms with E-state index >= 15 is 0 Å². The lowest BCUT2D eigenvalue weighted by Crippen LogP contribution is -2.09. The maximum absolute atomic E-state index is 6.19. The van der Waals surface area contributed by atoms with Gasteiger partial charge in [-0.1, -0.05) is 12.1 Å². The third-order valence-corrected chi connectivity index (χ3v) is 4.17. The number of nitrogens with one attached hydrogen (secondary N) is 1. The predicted octanol–water partition coefficient (Wildman–Crippen LogP) is 3.60. The van der Waals surface area contributed by atoms with E-state index in [-0.39, 0.29) is 6.04 Å². The third-order valence-electron chi connectivity index (χ3n) is 2.46. The highest BCUT2D eigenvalue weighted by molar-refractivity contribution is 9.11. The van der Waals surface area contributed by atoms with Gasteiger partial charge in [-0.3, -0.25) is 0 Å². The van der Waals surface area contributed by atoms with Crippen LogP contribution in [0, 0.1) is 0 Å². The molecule has 1 heterocycles. The van der Waals surface area contributed by atoms with Crippen LogP contribution in [0.3, 0.4) is 0 Å². The van der Waals surface area contributed by atoms with E-state index < -0.39 is 0 Å². The van der Waals surface area contributed by atoms with Crippen LogP contribution >= 0.6 is 27.3 Å². The van der Waals surface area contributed by atoms with Crippen molar-refractivity contribution in [1.82, 2.24) is 0 Å². The molecule has 0 radical (unpaired) electrons. The Kier molecular flexibility index (Phi) is 3.63. The maximum atomic E-state index is 6.19. The van der Waals surface area contributed by atoms with Gasteiger partial charge >= 0.3 is 0 Å². The number of halogens is 1. The predicted molar refractivity (Wildman–Crippen MR) is 74.0 cm³/mol. The number of thiophene rings is 1. The van der Waals surface area contributed by atoms with E-state index in [2.05, 4.69) is 39.4 Å². The van der Waals surface area contributed by atoms with Crippen LogP contribution in [0.15, 0.2) is 40.2 Å². The van der Waals surface area contributed by atoms with Gasteiger partial charge in [0.15, 0.2) is 0 Å². The van der Waals surface area contributed by atoms with Crippen LogP contribution < -0.4 is 11.1 Å². The van der Waals surface area contributed by atoms with Crippen molar-refractivity contribution in [2.45, 2.75) is 6.04 Å². The lowest BCUT2D eigenvalue weighted by Gasteiger charge is -2.10. The molecule has 1 aromatic heterocycles. The Bertz CT molecular complexity index is 464. The highest BCUT2D eigenvalue weighted by atomic mass is 79.9. The second-order valence-electron chi connectivity index (χ2n) is 3.49. The molecule has 0 amide bonds. The van der Waals surface area contributed by atoms with Crippen LogP contribution in [0.25, 0.3) is 0 Å². The summed E-state index contributed by atoms with van der Waals surface area (Å²) in [7, 11) is 1.91. The zero-order chi connectivity index (χ0) is 11.5. The molecule has 0 aliphatic rings. The van der Waals surface area contributed by atoms with Gasteiger partial charge in [0.2, 0.25) is 0 Å². The number of rotatable bonds is 3. The minimum Gasteiger partial charge on any atom is -0.388 e. The molecule has 4 heteroatoms. The van der Waals surface area contributed by atoms with Crippen molar-refractivity contribution in [3.05, 3.63) is 50.6 Å². The van der Waals surface area contributed by atoms with Crippen LogP contribution in [0.4, 0.5) is 5.69 Å². The zero-order valence-electron chi connectivity index (χ0n) is 8.91. The van der Waals surface area contributed by atoms with E-state index in [1.165, 1.54) is 4.88 Å². The number of anilines is 1. The lowest BCUT2D eigenvalue weighted by atomic mass is 10.1. The van der Waals surface area contributed by atoms with Crippen molar-refractivity contribution in [1.29, 1.82) is 0 Å². The molecule has 0 spiro atoms. The topological polar surface area (TPSA) is 38.0 Å². The average molecular weight is 297 g/mol. The number of nitrogens with two attached hydrogens (primary N) is 1. The van der Waals surface area contributed by atoms with Gasteiger partial charge in [0, 0.05) is 17.6 Å². The fraction of sp³-hybridized carbons (Fsp3) is 0.167. The Morgan fingerprint density at radius 2 is 1.88 bits per heavy atom. The number of hydrogen-bond donors (Lipinski definition) is 2. The summed E-state index contributed by atoms with van der Waals surface area (Å²) in [6.07, 6.45) is 0. The SMILES string of the molecule is CNc1ccc(C(N)c2ccc(Br)s2)cc1. The molecule has 84 valence electrons. The van der Waals surface area contributed by atoms with Crippen molar-refractivity contribution in [2.75, 3.05) is 12.4 Å². The summed E-state index contributed by atoms with van der Waals surface area (Å²) in [6.45, 7) is 0. The number of hydrogen-bond acceptors (Lipinski definition) is 3. The molecule has 0 bridgehead atoms. The summed E-state index contributed by atoms with van der Waals surface area (Å²) >= 11 is 5.13. The Morgan fingerprint density at radius 3 is 2.38 bits per heavy atom. The Morgan fingerprint density at radius 1 is 1.19 bits per heavy atom. The molecular formula is C12H13BrN2S. The van der Waals surface area contributed by atoms with E-state index in [1.54, 1.807) is 11.3 Å².